The number of hydrogen-bond acceptors (Lipinski definition) is 11. The van der Waals surface area contributed by atoms with Crippen molar-refractivity contribution >= 4 is 29.5 Å². The molecule has 6 aromatic carbocycles. The molecule has 11 nitrogen and oxygen atoms in total. The summed E-state index contributed by atoms with van der Waals surface area (Å²) in [6.45, 7) is 15.2. The minimum atomic E-state index is -2.70. The van der Waals surface area contributed by atoms with Crippen molar-refractivity contribution in [3.05, 3.63) is 228 Å². The summed E-state index contributed by atoms with van der Waals surface area (Å²) in [7, 11) is 0. The largest absolute Gasteiger partial charge is 0.465 e. The second kappa shape index (κ2) is 50.3. The highest BCUT2D eigenvalue weighted by Crippen LogP contribution is 2.41. The number of esters is 3. The number of carbonyl (C=O) groups is 5. The van der Waals surface area contributed by atoms with E-state index in [0.717, 1.165) is 78.3 Å². The molecule has 11 heteroatoms. The summed E-state index contributed by atoms with van der Waals surface area (Å²) in [6, 6.07) is 58.1. The predicted octanol–water partition coefficient (Wildman–Crippen LogP) is 22.4. The van der Waals surface area contributed by atoms with Crippen LogP contribution in [-0.2, 0) is 49.3 Å². The smallest absolute Gasteiger partial charge is 0.323 e. The summed E-state index contributed by atoms with van der Waals surface area (Å²) in [6.07, 6.45) is 35.9. The van der Waals surface area contributed by atoms with Crippen LogP contribution >= 0.6 is 0 Å². The third-order valence-corrected chi connectivity index (χ3v) is 21.6. The minimum Gasteiger partial charge on any atom is -0.465 e. The molecule has 0 radical (unpaired) electrons. The lowest BCUT2D eigenvalue weighted by Gasteiger charge is -2.41. The molecule has 3 unspecified atom stereocenters. The van der Waals surface area contributed by atoms with Crippen LogP contribution in [-0.4, -0.2) is 72.1 Å². The fourth-order valence-electron chi connectivity index (χ4n) is 15.2. The average molecular weight is 1450 g/mol. The van der Waals surface area contributed by atoms with Crippen LogP contribution in [0.15, 0.2) is 195 Å². The van der Waals surface area contributed by atoms with Gasteiger partial charge in [-0.1, -0.05) is 409 Å². The number of aliphatic hydroxyl groups is 1. The number of carbonyl (C=O) groups excluding carboxylic acids is 5. The summed E-state index contributed by atoms with van der Waals surface area (Å²) < 4.78 is 18.9. The molecule has 0 aliphatic heterocycles. The van der Waals surface area contributed by atoms with Gasteiger partial charge in [-0.3, -0.25) is 34.6 Å². The van der Waals surface area contributed by atoms with Crippen molar-refractivity contribution in [1.82, 2.24) is 10.6 Å². The molecule has 0 aliphatic carbocycles. The molecule has 3 N–H and O–H groups in total. The molecule has 578 valence electrons. The fraction of sp³-hybridized carbons (Fsp3) is 0.547. The standard InChI is InChI=1S/C95H134N2O9/c1-8-11-13-15-17-19-21-23-25-27-29-31-33-35-55-70-86(98)95(103,85(57-10-3)75-106-92(102)90(77(6)7)97-94(82-64-49-40-50-65-82,83-66-51-41-52-67-83)84-68-53-42-54-69-84)87(99)72-78(73-104-88(100)71-56-36-34-32-30-28-26-24-22-20-18-16-14-12-9-2)74-105-91(101)89(76(4)5)96-93(79-58-43-37-44-59-79,80-60-45-38-46-61-80)81-62-47-39-48-63-81/h10,37-54,58-69,76-78,85,89-90,96-97,103H,3,8-9,11-36,55-57,70-75H2,1-2,4-7H3/t78?,85?,89-,90-,95?/m0/s1. The van der Waals surface area contributed by atoms with Crippen molar-refractivity contribution in [2.45, 2.75) is 289 Å². The van der Waals surface area contributed by atoms with E-state index < -0.39 is 83.1 Å². The van der Waals surface area contributed by atoms with Crippen LogP contribution in [0, 0.1) is 23.7 Å². The van der Waals surface area contributed by atoms with Crippen molar-refractivity contribution < 1.29 is 43.3 Å². The molecule has 0 aromatic heterocycles. The molecule has 0 aliphatic rings. The number of ether oxygens (including phenoxy) is 3. The number of hydrogen-bond donors (Lipinski definition) is 3. The first-order chi connectivity index (χ1) is 51.7. The Morgan fingerprint density at radius 3 is 0.915 bits per heavy atom. The van der Waals surface area contributed by atoms with Crippen LogP contribution in [0.3, 0.4) is 0 Å². The maximum absolute atomic E-state index is 15.8. The maximum atomic E-state index is 15.8. The zero-order valence-electron chi connectivity index (χ0n) is 65.9. The fourth-order valence-corrected chi connectivity index (χ4v) is 15.2. The van der Waals surface area contributed by atoms with E-state index in [1.807, 2.05) is 210 Å². The molecule has 0 amide bonds. The van der Waals surface area contributed by atoms with Gasteiger partial charge in [0, 0.05) is 31.1 Å². The van der Waals surface area contributed by atoms with Gasteiger partial charge < -0.3 is 19.3 Å². The second-order valence-corrected chi connectivity index (χ2v) is 30.7. The zero-order chi connectivity index (χ0) is 75.9. The van der Waals surface area contributed by atoms with E-state index in [4.69, 9.17) is 14.2 Å². The summed E-state index contributed by atoms with van der Waals surface area (Å²) in [5, 5.41) is 21.1. The van der Waals surface area contributed by atoms with Crippen LogP contribution in [0.4, 0.5) is 0 Å². The summed E-state index contributed by atoms with van der Waals surface area (Å²) in [5.41, 5.74) is 0.603. The topological polar surface area (TPSA) is 157 Å². The molecule has 0 fully saturated rings. The third-order valence-electron chi connectivity index (χ3n) is 21.6. The van der Waals surface area contributed by atoms with Gasteiger partial charge in [0.05, 0.1) is 30.9 Å². The van der Waals surface area contributed by atoms with Gasteiger partial charge >= 0.3 is 17.9 Å². The Kier molecular flexibility index (Phi) is 41.6. The Hall–Kier alpha value is -7.31. The quantitative estimate of drug-likeness (QED) is 0.00834. The van der Waals surface area contributed by atoms with Gasteiger partial charge in [-0.25, -0.2) is 0 Å². The molecule has 0 saturated heterocycles. The monoisotopic (exact) mass is 1450 g/mol. The van der Waals surface area contributed by atoms with E-state index in [2.05, 4.69) is 31.1 Å². The normalized spacial score (nSPS) is 13.5. The van der Waals surface area contributed by atoms with E-state index in [0.29, 0.717) is 12.8 Å². The maximum Gasteiger partial charge on any atom is 0.323 e. The van der Waals surface area contributed by atoms with Gasteiger partial charge in [-0.2, -0.15) is 0 Å². The molecule has 0 saturated carbocycles. The zero-order valence-corrected chi connectivity index (χ0v) is 65.9. The highest BCUT2D eigenvalue weighted by Gasteiger charge is 2.51. The SMILES string of the molecule is C=CCC(COC(=O)[C@@H](NC(c1ccccc1)(c1ccccc1)c1ccccc1)C(C)C)C(O)(C(=O)CCCCCCCCCCCCCCCCC)C(=O)CC(COC(=O)CCCCCCCCCCCCCCCCC)COC(=O)[C@@H](NC(c1ccccc1)(c1ccccc1)c1ccccc1)C(C)C. The van der Waals surface area contributed by atoms with Crippen molar-refractivity contribution in [2.24, 2.45) is 23.7 Å². The number of benzene rings is 6. The minimum absolute atomic E-state index is 0.0660. The number of nitrogens with one attached hydrogen (secondary N) is 2. The second-order valence-electron chi connectivity index (χ2n) is 30.7. The first kappa shape index (κ1) is 87.6. The Bertz CT molecular complexity index is 3150. The van der Waals surface area contributed by atoms with E-state index in [1.54, 1.807) is 6.08 Å². The van der Waals surface area contributed by atoms with Crippen LogP contribution in [0.5, 0.6) is 0 Å². The van der Waals surface area contributed by atoms with Crippen molar-refractivity contribution in [2.75, 3.05) is 19.8 Å². The van der Waals surface area contributed by atoms with Gasteiger partial charge in [0.1, 0.15) is 12.1 Å². The number of Topliss-reactive ketones (excluding diaryl/α,β-unsaturated/α-hetero) is 2. The summed E-state index contributed by atoms with van der Waals surface area (Å²) in [5.74, 6) is -6.12. The highest BCUT2D eigenvalue weighted by molar-refractivity contribution is 6.10. The molecule has 106 heavy (non-hydrogen) atoms. The molecular formula is C95H134N2O9. The van der Waals surface area contributed by atoms with Crippen LogP contribution in [0.1, 0.15) is 293 Å². The Morgan fingerprint density at radius 1 is 0.368 bits per heavy atom. The van der Waals surface area contributed by atoms with Crippen molar-refractivity contribution in [1.29, 1.82) is 0 Å². The van der Waals surface area contributed by atoms with Crippen LogP contribution < -0.4 is 10.6 Å². The first-order valence-corrected chi connectivity index (χ1v) is 41.4. The summed E-state index contributed by atoms with van der Waals surface area (Å²) >= 11 is 0. The Labute approximate surface area is 640 Å². The lowest BCUT2D eigenvalue weighted by Crippen LogP contribution is -2.57. The third kappa shape index (κ3) is 28.4. The Morgan fingerprint density at radius 2 is 0.632 bits per heavy atom. The van der Waals surface area contributed by atoms with Gasteiger partial charge in [-0.15, -0.1) is 6.58 Å². The molecule has 0 spiro atoms. The lowest BCUT2D eigenvalue weighted by atomic mass is 9.75. The first-order valence-electron chi connectivity index (χ1n) is 41.4. The molecule has 6 aromatic rings. The van der Waals surface area contributed by atoms with Crippen molar-refractivity contribution in [3.8, 4) is 0 Å². The van der Waals surface area contributed by atoms with Crippen LogP contribution in [0.25, 0.3) is 0 Å². The number of allylic oxidation sites excluding steroid dienone is 1. The molecule has 5 atom stereocenters. The van der Waals surface area contributed by atoms with E-state index >= 15 is 19.2 Å². The Balaban J connectivity index is 1.27. The molecule has 6 rings (SSSR count). The van der Waals surface area contributed by atoms with E-state index in [1.165, 1.54) is 135 Å². The van der Waals surface area contributed by atoms with Gasteiger partial charge in [0.15, 0.2) is 17.2 Å². The van der Waals surface area contributed by atoms with Crippen LogP contribution in [0.2, 0.25) is 0 Å². The van der Waals surface area contributed by atoms with Gasteiger partial charge in [-0.05, 0) is 64.5 Å². The number of rotatable bonds is 59. The highest BCUT2D eigenvalue weighted by atomic mass is 16.5. The van der Waals surface area contributed by atoms with Gasteiger partial charge in [0.25, 0.3) is 0 Å². The lowest BCUT2D eigenvalue weighted by molar-refractivity contribution is -0.167. The number of ketones is 2. The van der Waals surface area contributed by atoms with E-state index in [9.17, 15) is 9.90 Å². The predicted molar refractivity (Wildman–Crippen MR) is 435 cm³/mol. The molecule has 0 bridgehead atoms. The summed E-state index contributed by atoms with van der Waals surface area (Å²) in [4.78, 5) is 75.5. The molecule has 0 heterocycles. The molecular weight excluding hydrogens is 1310 g/mol. The number of unbranched alkanes of at least 4 members (excludes halogenated alkanes) is 28. The van der Waals surface area contributed by atoms with Gasteiger partial charge in [0.2, 0.25) is 0 Å². The van der Waals surface area contributed by atoms with Crippen molar-refractivity contribution in [3.63, 3.8) is 0 Å². The average Bonchev–Trinajstić information content (AvgIpc) is 0.757. The van der Waals surface area contributed by atoms with E-state index in [-0.39, 0.29) is 44.3 Å².